The van der Waals surface area contributed by atoms with E-state index in [0.717, 1.165) is 28.3 Å². The van der Waals surface area contributed by atoms with Crippen LogP contribution in [0.15, 0.2) is 35.4 Å². The van der Waals surface area contributed by atoms with Crippen molar-refractivity contribution < 1.29 is 37.3 Å². The zero-order chi connectivity index (χ0) is 36.2. The highest BCUT2D eigenvalue weighted by Crippen LogP contribution is 2.48. The maximum absolute atomic E-state index is 14.4. The molecule has 268 valence electrons. The zero-order valence-corrected chi connectivity index (χ0v) is 28.2. The number of alkyl halides is 3. The Morgan fingerprint density at radius 1 is 1.20 bits per heavy atom. The van der Waals surface area contributed by atoms with Crippen LogP contribution < -0.4 is 10.9 Å². The minimum Gasteiger partial charge on any atom is -0.504 e. The van der Waals surface area contributed by atoms with Crippen molar-refractivity contribution in [2.45, 2.75) is 64.0 Å². The molecule has 1 spiro atoms. The molecule has 0 bridgehead atoms. The van der Waals surface area contributed by atoms with Gasteiger partial charge in [-0.15, -0.1) is 5.10 Å². The molecule has 2 N–H and O–H groups in total. The Kier molecular flexibility index (Phi) is 8.83. The second kappa shape index (κ2) is 13.0. The summed E-state index contributed by atoms with van der Waals surface area (Å²) in [6, 6.07) is 2.62. The predicted octanol–water partition coefficient (Wildman–Crippen LogP) is 4.42. The fourth-order valence-electron chi connectivity index (χ4n) is 6.98. The molecule has 14 nitrogen and oxygen atoms in total. The lowest BCUT2D eigenvalue weighted by Crippen LogP contribution is -2.37. The van der Waals surface area contributed by atoms with E-state index in [1.54, 1.807) is 18.7 Å². The summed E-state index contributed by atoms with van der Waals surface area (Å²) in [6.45, 7) is 4.14. The largest absolute Gasteiger partial charge is 0.504 e. The van der Waals surface area contributed by atoms with E-state index in [1.165, 1.54) is 10.9 Å². The molecule has 4 aromatic rings. The van der Waals surface area contributed by atoms with Crippen LogP contribution in [0.25, 0.3) is 11.4 Å². The first-order chi connectivity index (χ1) is 24.3. The van der Waals surface area contributed by atoms with Gasteiger partial charge in [-0.05, 0) is 63.3 Å². The number of aromatic hydroxyl groups is 1. The van der Waals surface area contributed by atoms with Crippen molar-refractivity contribution in [3.8, 4) is 5.75 Å². The van der Waals surface area contributed by atoms with Crippen LogP contribution in [0.1, 0.15) is 77.5 Å². The fraction of sp³-hybridized carbons (Fsp3) is 0.424. The molecule has 3 aliphatic heterocycles. The monoisotopic (exact) mass is 728 g/mol. The van der Waals surface area contributed by atoms with Gasteiger partial charge in [-0.1, -0.05) is 17.7 Å². The van der Waals surface area contributed by atoms with Crippen LogP contribution in [-0.2, 0) is 32.6 Å². The first-order valence-corrected chi connectivity index (χ1v) is 16.6. The van der Waals surface area contributed by atoms with Gasteiger partial charge in [0.05, 0.1) is 52.5 Å². The number of aromatic nitrogens is 6. The second-order valence-corrected chi connectivity index (χ2v) is 13.1. The quantitative estimate of drug-likeness (QED) is 0.300. The molecule has 18 heteroatoms. The number of benzene rings is 1. The Balaban J connectivity index is 1.28. The molecule has 1 saturated heterocycles. The Labute approximate surface area is 292 Å². The number of ether oxygens (including phenoxy) is 2. The lowest BCUT2D eigenvalue weighted by molar-refractivity contribution is -0.137. The molecule has 3 aliphatic rings. The van der Waals surface area contributed by atoms with Gasteiger partial charge in [0.25, 0.3) is 11.5 Å². The smallest absolute Gasteiger partial charge is 0.416 e. The maximum Gasteiger partial charge on any atom is 0.416 e. The summed E-state index contributed by atoms with van der Waals surface area (Å²) >= 11 is 6.13. The Hall–Kier alpha value is -4.87. The van der Waals surface area contributed by atoms with E-state index in [2.05, 4.69) is 25.4 Å². The van der Waals surface area contributed by atoms with Gasteiger partial charge in [-0.25, -0.2) is 9.97 Å². The first kappa shape index (κ1) is 34.6. The van der Waals surface area contributed by atoms with Crippen molar-refractivity contribution in [3.05, 3.63) is 80.0 Å². The van der Waals surface area contributed by atoms with Gasteiger partial charge < -0.3 is 29.4 Å². The number of amides is 2. The number of fused-ring (bicyclic) bond motifs is 3. The third-order valence-electron chi connectivity index (χ3n) is 9.44. The van der Waals surface area contributed by atoms with Gasteiger partial charge in [0.15, 0.2) is 17.3 Å². The van der Waals surface area contributed by atoms with E-state index in [1.807, 2.05) is 6.08 Å². The maximum atomic E-state index is 14.4. The second-order valence-electron chi connectivity index (χ2n) is 12.7. The molecule has 0 radical (unpaired) electrons. The van der Waals surface area contributed by atoms with Crippen LogP contribution in [-0.4, -0.2) is 77.3 Å². The number of nitrogens with zero attached hydrogens (tertiary/aromatic N) is 7. The Bertz CT molecular complexity index is 2170. The summed E-state index contributed by atoms with van der Waals surface area (Å²) in [5.41, 5.74) is -1.08. The molecule has 7 rings (SSSR count). The number of carbonyl (C=O) groups excluding carboxylic acids is 2. The summed E-state index contributed by atoms with van der Waals surface area (Å²) in [5.74, 6) is -1.08. The van der Waals surface area contributed by atoms with Crippen LogP contribution in [0.2, 0.25) is 5.02 Å². The minimum absolute atomic E-state index is 0.0305. The average molecular weight is 729 g/mol. The average Bonchev–Trinajstić information content (AvgIpc) is 3.59. The van der Waals surface area contributed by atoms with Gasteiger partial charge >= 0.3 is 6.18 Å². The number of nitrogens with one attached hydrogen (secondary N) is 1. The van der Waals surface area contributed by atoms with Gasteiger partial charge in [-0.2, -0.15) is 22.7 Å². The molecule has 6 heterocycles. The Morgan fingerprint density at radius 2 is 2.00 bits per heavy atom. The highest BCUT2D eigenvalue weighted by molar-refractivity contribution is 6.33. The summed E-state index contributed by atoms with van der Waals surface area (Å²) in [7, 11) is 0. The molecule has 3 aromatic heterocycles. The van der Waals surface area contributed by atoms with Crippen LogP contribution in [0.4, 0.5) is 18.9 Å². The number of likely N-dealkylation sites (tertiary alicyclic amines) is 1. The van der Waals surface area contributed by atoms with E-state index < -0.39 is 47.4 Å². The van der Waals surface area contributed by atoms with Gasteiger partial charge in [0.2, 0.25) is 11.7 Å². The third kappa shape index (κ3) is 6.22. The van der Waals surface area contributed by atoms with Crippen LogP contribution in [0.3, 0.4) is 0 Å². The highest BCUT2D eigenvalue weighted by Gasteiger charge is 2.49. The van der Waals surface area contributed by atoms with E-state index >= 15 is 0 Å². The summed E-state index contributed by atoms with van der Waals surface area (Å²) < 4.78 is 54.4. The molecular formula is C33H32ClF3N8O6. The van der Waals surface area contributed by atoms with Crippen molar-refractivity contribution in [2.24, 2.45) is 0 Å². The summed E-state index contributed by atoms with van der Waals surface area (Å²) in [5, 5.41) is 17.3. The van der Waals surface area contributed by atoms with Crippen LogP contribution in [0, 0.1) is 6.92 Å². The summed E-state index contributed by atoms with van der Waals surface area (Å²) in [6.07, 6.45) is -0.808. The lowest BCUT2D eigenvalue weighted by atomic mass is 9.87. The third-order valence-corrected chi connectivity index (χ3v) is 9.75. The van der Waals surface area contributed by atoms with Gasteiger partial charge in [0.1, 0.15) is 18.5 Å². The van der Waals surface area contributed by atoms with Crippen molar-refractivity contribution in [1.29, 1.82) is 0 Å². The van der Waals surface area contributed by atoms with Crippen molar-refractivity contribution in [2.75, 3.05) is 31.6 Å². The van der Waals surface area contributed by atoms with Crippen molar-refractivity contribution in [1.82, 2.24) is 34.0 Å². The topological polar surface area (TPSA) is 166 Å². The van der Waals surface area contributed by atoms with Crippen molar-refractivity contribution in [3.63, 3.8) is 0 Å². The van der Waals surface area contributed by atoms with E-state index in [-0.39, 0.29) is 52.2 Å². The number of halogens is 4. The van der Waals surface area contributed by atoms with Crippen LogP contribution in [0.5, 0.6) is 5.75 Å². The number of aryl methyl sites for hydroxylation is 1. The number of hydrogen-bond donors (Lipinski definition) is 2. The normalized spacial score (nSPS) is 20.7. The molecule has 0 aliphatic carbocycles. The molecule has 2 atom stereocenters. The molecule has 2 amide bonds. The SMILES string of the molecule is Cc1ncnc(C(=O)N2CCC[C@@]3(CC2)O[C@H](C)c2c3c(=O)n3nc(C4=CCOCC4)nc3n2CC(=O)Nc2ccc(C(F)(F)F)cc2Cl)c1O. The van der Waals surface area contributed by atoms with Gasteiger partial charge in [-0.3, -0.25) is 14.4 Å². The summed E-state index contributed by atoms with van der Waals surface area (Å²) in [4.78, 5) is 55.6. The lowest BCUT2D eigenvalue weighted by Gasteiger charge is -2.28. The predicted molar refractivity (Wildman–Crippen MR) is 175 cm³/mol. The number of hydrogen-bond acceptors (Lipinski definition) is 10. The molecule has 0 saturated carbocycles. The van der Waals surface area contributed by atoms with E-state index in [4.69, 9.17) is 21.1 Å². The first-order valence-electron chi connectivity index (χ1n) is 16.2. The number of anilines is 1. The minimum atomic E-state index is -4.62. The number of rotatable bonds is 5. The fourth-order valence-corrected chi connectivity index (χ4v) is 7.20. The van der Waals surface area contributed by atoms with Crippen LogP contribution >= 0.6 is 11.6 Å². The van der Waals surface area contributed by atoms with E-state index in [9.17, 15) is 32.7 Å². The molecule has 1 aromatic carbocycles. The molecular weight excluding hydrogens is 697 g/mol. The molecule has 0 unspecified atom stereocenters. The highest BCUT2D eigenvalue weighted by atomic mass is 35.5. The van der Waals surface area contributed by atoms with Crippen molar-refractivity contribution >= 4 is 40.5 Å². The zero-order valence-electron chi connectivity index (χ0n) is 27.5. The standard InChI is InChI=1S/C33H32ClF3N8O6/c1-17-27(47)25(39-16-38-17)30(49)43-10-3-8-32(9-11-43)24-26(18(2)51-32)44(15-23(46)40-22-5-4-20(14-21(22)34)33(35,36)37)31-41-28(42-45(31)29(24)48)19-6-12-50-13-7-19/h4-6,14,16,18,47H,3,7-13,15H2,1-2H3,(H,40,46)/t18-,32+/m1/s1. The Morgan fingerprint density at radius 3 is 2.73 bits per heavy atom. The molecule has 51 heavy (non-hydrogen) atoms. The van der Waals surface area contributed by atoms with E-state index in [0.29, 0.717) is 50.5 Å². The van der Waals surface area contributed by atoms with Gasteiger partial charge in [0, 0.05) is 13.1 Å². The number of carbonyl (C=O) groups is 2. The molecule has 1 fully saturated rings.